The van der Waals surface area contributed by atoms with Gasteiger partial charge in [-0.1, -0.05) is 36.0 Å². The van der Waals surface area contributed by atoms with Crippen LogP contribution in [0.15, 0.2) is 29.4 Å². The minimum atomic E-state index is -0.584. The van der Waals surface area contributed by atoms with Crippen molar-refractivity contribution in [2.24, 2.45) is 0 Å². The van der Waals surface area contributed by atoms with Gasteiger partial charge in [0.2, 0.25) is 5.91 Å². The fourth-order valence-corrected chi connectivity index (χ4v) is 4.58. The first-order valence-electron chi connectivity index (χ1n) is 9.62. The molecule has 1 aliphatic heterocycles. The Bertz CT molecular complexity index is 893. The van der Waals surface area contributed by atoms with Crippen LogP contribution in [-0.2, 0) is 33.8 Å². The van der Waals surface area contributed by atoms with Crippen molar-refractivity contribution in [1.82, 2.24) is 19.7 Å². The molecule has 7 nitrogen and oxygen atoms in total. The highest BCUT2D eigenvalue weighted by atomic mass is 32.2. The van der Waals surface area contributed by atoms with E-state index in [0.717, 1.165) is 41.5 Å². The second-order valence-corrected chi connectivity index (χ2v) is 8.12. The molecule has 2 heterocycles. The molecule has 1 amide bonds. The van der Waals surface area contributed by atoms with E-state index in [1.807, 2.05) is 24.3 Å². The van der Waals surface area contributed by atoms with Gasteiger partial charge in [0.25, 0.3) is 0 Å². The Morgan fingerprint density at radius 3 is 2.64 bits per heavy atom. The average molecular weight is 401 g/mol. The zero-order valence-corrected chi connectivity index (χ0v) is 16.9. The molecule has 4 rings (SSSR count). The van der Waals surface area contributed by atoms with E-state index in [4.69, 9.17) is 4.74 Å². The third-order valence-electron chi connectivity index (χ3n) is 5.37. The van der Waals surface area contributed by atoms with Crippen LogP contribution in [0.3, 0.4) is 0 Å². The first-order valence-corrected chi connectivity index (χ1v) is 10.6. The number of thioether (sulfide) groups is 1. The van der Waals surface area contributed by atoms with Crippen LogP contribution >= 0.6 is 11.8 Å². The maximum absolute atomic E-state index is 13.0. The van der Waals surface area contributed by atoms with Crippen molar-refractivity contribution in [2.75, 3.05) is 12.9 Å². The number of carbonyl (C=O) groups excluding carboxylic acids is 2. The molecule has 0 N–H and O–H groups in total. The van der Waals surface area contributed by atoms with Crippen molar-refractivity contribution < 1.29 is 14.3 Å². The molecule has 2 aromatic rings. The maximum Gasteiger partial charge on any atom is 0.328 e. The van der Waals surface area contributed by atoms with Gasteiger partial charge in [0.05, 0.1) is 12.9 Å². The smallest absolute Gasteiger partial charge is 0.328 e. The van der Waals surface area contributed by atoms with Gasteiger partial charge in [-0.05, 0) is 30.9 Å². The van der Waals surface area contributed by atoms with Crippen LogP contribution in [0.2, 0.25) is 0 Å². The minimum Gasteiger partial charge on any atom is -0.467 e. The van der Waals surface area contributed by atoms with Gasteiger partial charge in [-0.2, -0.15) is 0 Å². The van der Waals surface area contributed by atoms with Crippen molar-refractivity contribution in [3.05, 3.63) is 41.2 Å². The van der Waals surface area contributed by atoms with E-state index in [0.29, 0.717) is 18.9 Å². The van der Waals surface area contributed by atoms with Crippen molar-refractivity contribution in [3.8, 4) is 0 Å². The summed E-state index contributed by atoms with van der Waals surface area (Å²) in [5.74, 6) is 1.30. The summed E-state index contributed by atoms with van der Waals surface area (Å²) in [6.45, 7) is 3.27. The van der Waals surface area contributed by atoms with Crippen LogP contribution in [0.4, 0.5) is 0 Å². The Hall–Kier alpha value is -2.35. The molecule has 8 heteroatoms. The van der Waals surface area contributed by atoms with E-state index >= 15 is 0 Å². The quantitative estimate of drug-likeness (QED) is 0.547. The average Bonchev–Trinajstić information content (AvgIpc) is 3.49. The Morgan fingerprint density at radius 2 is 1.96 bits per heavy atom. The second-order valence-electron chi connectivity index (χ2n) is 7.18. The summed E-state index contributed by atoms with van der Waals surface area (Å²) >= 11 is 1.39. The summed E-state index contributed by atoms with van der Waals surface area (Å²) < 4.78 is 7.05. The lowest BCUT2D eigenvalue weighted by Crippen LogP contribution is -2.49. The molecule has 148 valence electrons. The van der Waals surface area contributed by atoms with E-state index in [1.165, 1.54) is 18.9 Å². The highest BCUT2D eigenvalue weighted by Crippen LogP contribution is 2.40. The van der Waals surface area contributed by atoms with Crippen molar-refractivity contribution in [2.45, 2.75) is 56.4 Å². The SMILES string of the molecule is CCn1c(SCC(=O)N2Cc3ccccc3C[C@H]2C(=O)OC)nnc1C1CC1. The first kappa shape index (κ1) is 19.0. The van der Waals surface area contributed by atoms with Crippen LogP contribution < -0.4 is 0 Å². The Kier molecular flexibility index (Phi) is 5.39. The van der Waals surface area contributed by atoms with Gasteiger partial charge >= 0.3 is 5.97 Å². The Labute approximate surface area is 168 Å². The van der Waals surface area contributed by atoms with Crippen LogP contribution in [0.25, 0.3) is 0 Å². The van der Waals surface area contributed by atoms with E-state index in [2.05, 4.69) is 21.7 Å². The van der Waals surface area contributed by atoms with Gasteiger partial charge < -0.3 is 14.2 Å². The molecule has 0 spiro atoms. The van der Waals surface area contributed by atoms with Gasteiger partial charge in [-0.15, -0.1) is 10.2 Å². The number of rotatable bonds is 6. The molecule has 1 aromatic carbocycles. The lowest BCUT2D eigenvalue weighted by atomic mass is 9.94. The molecular weight excluding hydrogens is 376 g/mol. The van der Waals surface area contributed by atoms with Crippen molar-refractivity contribution >= 4 is 23.6 Å². The molecule has 1 aliphatic carbocycles. The molecule has 1 fully saturated rings. The fraction of sp³-hybridized carbons (Fsp3) is 0.500. The van der Waals surface area contributed by atoms with E-state index in [1.54, 1.807) is 4.90 Å². The fourth-order valence-electron chi connectivity index (χ4n) is 3.69. The number of methoxy groups -OCH3 is 1. The van der Waals surface area contributed by atoms with Gasteiger partial charge in [0.1, 0.15) is 11.9 Å². The summed E-state index contributed by atoms with van der Waals surface area (Å²) in [5.41, 5.74) is 2.17. The monoisotopic (exact) mass is 400 g/mol. The van der Waals surface area contributed by atoms with E-state index < -0.39 is 6.04 Å². The number of hydrogen-bond donors (Lipinski definition) is 0. The molecular formula is C20H24N4O3S. The Balaban J connectivity index is 1.49. The largest absolute Gasteiger partial charge is 0.467 e. The number of ether oxygens (including phenoxy) is 1. The molecule has 1 saturated carbocycles. The van der Waals surface area contributed by atoms with Gasteiger partial charge in [0.15, 0.2) is 5.16 Å². The maximum atomic E-state index is 13.0. The lowest BCUT2D eigenvalue weighted by Gasteiger charge is -2.35. The highest BCUT2D eigenvalue weighted by molar-refractivity contribution is 7.99. The molecule has 1 aromatic heterocycles. The van der Waals surface area contributed by atoms with Crippen molar-refractivity contribution in [3.63, 3.8) is 0 Å². The molecule has 2 aliphatic rings. The molecule has 0 unspecified atom stereocenters. The summed E-state index contributed by atoms with van der Waals surface area (Å²) in [4.78, 5) is 26.9. The van der Waals surface area contributed by atoms with Crippen molar-refractivity contribution in [1.29, 1.82) is 0 Å². The first-order chi connectivity index (χ1) is 13.6. The number of benzene rings is 1. The molecule has 28 heavy (non-hydrogen) atoms. The number of nitrogens with zero attached hydrogens (tertiary/aromatic N) is 4. The zero-order valence-electron chi connectivity index (χ0n) is 16.1. The Morgan fingerprint density at radius 1 is 1.21 bits per heavy atom. The van der Waals surface area contributed by atoms with E-state index in [-0.39, 0.29) is 17.6 Å². The number of hydrogen-bond acceptors (Lipinski definition) is 6. The summed E-state index contributed by atoms with van der Waals surface area (Å²) in [6, 6.07) is 7.34. The van der Waals surface area contributed by atoms with Crippen LogP contribution in [-0.4, -0.2) is 50.4 Å². The minimum absolute atomic E-state index is 0.0893. The molecule has 0 bridgehead atoms. The standard InChI is InChI=1S/C20H24N4O3S/c1-3-23-18(13-8-9-13)21-22-20(23)28-12-17(25)24-11-15-7-5-4-6-14(15)10-16(24)19(26)27-2/h4-7,13,16H,3,8-12H2,1-2H3/t16-/m0/s1. The summed E-state index contributed by atoms with van der Waals surface area (Å²) in [6.07, 6.45) is 2.81. The van der Waals surface area contributed by atoms with Crippen LogP contribution in [0, 0.1) is 0 Å². The molecule has 0 radical (unpaired) electrons. The number of fused-ring (bicyclic) bond motifs is 1. The second kappa shape index (κ2) is 7.95. The highest BCUT2D eigenvalue weighted by Gasteiger charge is 2.35. The van der Waals surface area contributed by atoms with Gasteiger partial charge in [-0.3, -0.25) is 4.79 Å². The predicted molar refractivity (Wildman–Crippen MR) is 105 cm³/mol. The van der Waals surface area contributed by atoms with Crippen LogP contribution in [0.1, 0.15) is 42.6 Å². The lowest BCUT2D eigenvalue weighted by molar-refractivity contribution is -0.153. The normalized spacial score (nSPS) is 18.6. The molecule has 0 saturated heterocycles. The number of carbonyl (C=O) groups is 2. The molecule has 1 atom stereocenters. The number of amides is 1. The van der Waals surface area contributed by atoms with Crippen LogP contribution in [0.5, 0.6) is 0 Å². The summed E-state index contributed by atoms with van der Waals surface area (Å²) in [5, 5.41) is 9.37. The number of esters is 1. The third kappa shape index (κ3) is 3.65. The van der Waals surface area contributed by atoms with Gasteiger partial charge in [-0.25, -0.2) is 4.79 Å². The van der Waals surface area contributed by atoms with E-state index in [9.17, 15) is 9.59 Å². The van der Waals surface area contributed by atoms with Gasteiger partial charge in [0, 0.05) is 25.4 Å². The topological polar surface area (TPSA) is 77.3 Å². The predicted octanol–water partition coefficient (Wildman–Crippen LogP) is 2.39. The zero-order chi connectivity index (χ0) is 19.7. The summed E-state index contributed by atoms with van der Waals surface area (Å²) in [7, 11) is 1.36. The number of aromatic nitrogens is 3. The third-order valence-corrected chi connectivity index (χ3v) is 6.32.